The maximum absolute atomic E-state index is 12.3. The van der Waals surface area contributed by atoms with E-state index < -0.39 is 12.0 Å². The third-order valence-corrected chi connectivity index (χ3v) is 4.91. The van der Waals surface area contributed by atoms with E-state index >= 15 is 0 Å². The molecule has 2 unspecified atom stereocenters. The molecule has 0 bridgehead atoms. The quantitative estimate of drug-likeness (QED) is 0.587. The molecule has 0 aliphatic heterocycles. The lowest BCUT2D eigenvalue weighted by atomic mass is 9.99. The first-order valence-electron chi connectivity index (χ1n) is 8.06. The van der Waals surface area contributed by atoms with Gasteiger partial charge in [-0.05, 0) is 25.8 Å². The molecule has 25 heavy (non-hydrogen) atoms. The molecule has 2 aromatic rings. The predicted molar refractivity (Wildman–Crippen MR) is 94.4 cm³/mol. The highest BCUT2D eigenvalue weighted by molar-refractivity contribution is 7.99. The first-order chi connectivity index (χ1) is 11.9. The summed E-state index contributed by atoms with van der Waals surface area (Å²) in [5, 5.41) is 11.5. The Morgan fingerprint density at radius 1 is 1.36 bits per heavy atom. The number of amides is 1. The van der Waals surface area contributed by atoms with Gasteiger partial charge in [-0.25, -0.2) is 9.78 Å². The number of carbonyl (C=O) groups excluding carboxylic acids is 2. The van der Waals surface area contributed by atoms with E-state index in [2.05, 4.69) is 20.5 Å². The number of nitrogens with zero attached hydrogens (tertiary/aromatic N) is 4. The molecule has 1 N–H and O–H groups in total. The largest absolute Gasteiger partial charge is 0.467 e. The molecule has 0 saturated carbocycles. The normalized spacial score (nSPS) is 13.5. The topological polar surface area (TPSA) is 98.5 Å². The van der Waals surface area contributed by atoms with Gasteiger partial charge in [-0.1, -0.05) is 32.0 Å². The maximum atomic E-state index is 12.3. The van der Waals surface area contributed by atoms with Crippen molar-refractivity contribution in [3.05, 3.63) is 17.5 Å². The average molecular weight is 365 g/mol. The second-order valence-corrected chi connectivity index (χ2v) is 6.84. The Bertz CT molecular complexity index is 776. The van der Waals surface area contributed by atoms with E-state index in [1.165, 1.54) is 18.9 Å². The molecule has 2 heterocycles. The molecule has 0 aromatic carbocycles. The summed E-state index contributed by atoms with van der Waals surface area (Å²) in [6.07, 6.45) is 0.756. The minimum Gasteiger partial charge on any atom is -0.467 e. The van der Waals surface area contributed by atoms with Crippen molar-refractivity contribution < 1.29 is 14.3 Å². The Hall–Kier alpha value is -2.16. The molecule has 0 spiro atoms. The minimum absolute atomic E-state index is 0.00950. The van der Waals surface area contributed by atoms with Gasteiger partial charge in [-0.2, -0.15) is 0 Å². The van der Waals surface area contributed by atoms with Gasteiger partial charge in [0.05, 0.1) is 12.9 Å². The number of hydrogen-bond acceptors (Lipinski definition) is 7. The first kappa shape index (κ1) is 19.2. The van der Waals surface area contributed by atoms with Gasteiger partial charge >= 0.3 is 5.97 Å². The lowest BCUT2D eigenvalue weighted by Gasteiger charge is -2.21. The van der Waals surface area contributed by atoms with Crippen molar-refractivity contribution in [2.24, 2.45) is 5.92 Å². The van der Waals surface area contributed by atoms with Crippen molar-refractivity contribution in [1.29, 1.82) is 0 Å². The number of thioether (sulfide) groups is 1. The SMILES string of the molecule is CCC(C)C(NC(=O)CSc1nnc2nc(C)cc(C)n12)C(=O)OC. The Morgan fingerprint density at radius 2 is 2.08 bits per heavy atom. The second-order valence-electron chi connectivity index (χ2n) is 5.90. The molecule has 9 heteroatoms. The van der Waals surface area contributed by atoms with Crippen LogP contribution in [0.1, 0.15) is 31.7 Å². The van der Waals surface area contributed by atoms with Gasteiger partial charge in [-0.15, -0.1) is 10.2 Å². The summed E-state index contributed by atoms with van der Waals surface area (Å²) in [7, 11) is 1.32. The Kier molecular flexibility index (Phi) is 6.35. The fourth-order valence-corrected chi connectivity index (χ4v) is 3.23. The molecule has 0 radical (unpaired) electrons. The molecule has 2 aromatic heterocycles. The van der Waals surface area contributed by atoms with E-state index in [0.717, 1.165) is 17.8 Å². The molecule has 0 aliphatic carbocycles. The van der Waals surface area contributed by atoms with E-state index in [1.54, 1.807) is 4.40 Å². The van der Waals surface area contributed by atoms with Crippen LogP contribution in [0.2, 0.25) is 0 Å². The van der Waals surface area contributed by atoms with Crippen molar-refractivity contribution in [3.63, 3.8) is 0 Å². The van der Waals surface area contributed by atoms with Gasteiger partial charge in [-0.3, -0.25) is 9.20 Å². The van der Waals surface area contributed by atoms with E-state index in [1.807, 2.05) is 33.8 Å². The zero-order chi connectivity index (χ0) is 18.6. The summed E-state index contributed by atoms with van der Waals surface area (Å²) in [6.45, 7) is 7.69. The van der Waals surface area contributed by atoms with Crippen LogP contribution in [-0.4, -0.2) is 50.4 Å². The standard InChI is InChI=1S/C16H23N5O3S/c1-6-9(2)13(14(23)24-5)18-12(22)8-25-16-20-19-15-17-10(3)7-11(4)21(15)16/h7,9,13H,6,8H2,1-5H3,(H,18,22). The van der Waals surface area contributed by atoms with Gasteiger partial charge in [0.2, 0.25) is 5.91 Å². The number of rotatable bonds is 7. The zero-order valence-corrected chi connectivity index (χ0v) is 15.9. The Balaban J connectivity index is 2.06. The van der Waals surface area contributed by atoms with Gasteiger partial charge in [0.15, 0.2) is 5.16 Å². The first-order valence-corrected chi connectivity index (χ1v) is 9.05. The molecule has 2 atom stereocenters. The van der Waals surface area contributed by atoms with Crippen molar-refractivity contribution in [3.8, 4) is 0 Å². The van der Waals surface area contributed by atoms with Crippen molar-refractivity contribution in [1.82, 2.24) is 24.9 Å². The molecular formula is C16H23N5O3S. The minimum atomic E-state index is -0.649. The summed E-state index contributed by atoms with van der Waals surface area (Å²) < 4.78 is 6.58. The van der Waals surface area contributed by atoms with Crippen LogP contribution >= 0.6 is 11.8 Å². The number of carbonyl (C=O) groups is 2. The fourth-order valence-electron chi connectivity index (χ4n) is 2.44. The van der Waals surface area contributed by atoms with Gasteiger partial charge in [0.1, 0.15) is 6.04 Å². The highest BCUT2D eigenvalue weighted by Crippen LogP contribution is 2.18. The third kappa shape index (κ3) is 4.47. The van der Waals surface area contributed by atoms with E-state index in [4.69, 9.17) is 4.74 Å². The number of ether oxygens (including phenoxy) is 1. The monoisotopic (exact) mass is 365 g/mol. The molecular weight excluding hydrogens is 342 g/mol. The van der Waals surface area contributed by atoms with Crippen LogP contribution < -0.4 is 5.32 Å². The highest BCUT2D eigenvalue weighted by atomic mass is 32.2. The van der Waals surface area contributed by atoms with Gasteiger partial charge in [0, 0.05) is 11.4 Å². The van der Waals surface area contributed by atoms with Crippen molar-refractivity contribution in [2.45, 2.75) is 45.3 Å². The van der Waals surface area contributed by atoms with Crippen LogP contribution in [0.3, 0.4) is 0 Å². The van der Waals surface area contributed by atoms with Crippen LogP contribution in [0.15, 0.2) is 11.2 Å². The molecule has 2 rings (SSSR count). The molecule has 0 fully saturated rings. The number of hydrogen-bond donors (Lipinski definition) is 1. The third-order valence-electron chi connectivity index (χ3n) is 3.98. The van der Waals surface area contributed by atoms with E-state index in [-0.39, 0.29) is 17.6 Å². The molecule has 136 valence electrons. The van der Waals surface area contributed by atoms with Crippen molar-refractivity contribution in [2.75, 3.05) is 12.9 Å². The second kappa shape index (κ2) is 8.28. The van der Waals surface area contributed by atoms with Gasteiger partial charge in [0.25, 0.3) is 5.78 Å². The molecule has 1 amide bonds. The van der Waals surface area contributed by atoms with Crippen LogP contribution in [-0.2, 0) is 14.3 Å². The maximum Gasteiger partial charge on any atom is 0.328 e. The van der Waals surface area contributed by atoms with Crippen LogP contribution in [0.4, 0.5) is 0 Å². The fraction of sp³-hybridized carbons (Fsp3) is 0.562. The summed E-state index contributed by atoms with van der Waals surface area (Å²) in [5.74, 6) is -0.0681. The smallest absolute Gasteiger partial charge is 0.328 e. The average Bonchev–Trinajstić information content (AvgIpc) is 2.99. The Labute approximate surface area is 150 Å². The van der Waals surface area contributed by atoms with Crippen LogP contribution in [0, 0.1) is 19.8 Å². The van der Waals surface area contributed by atoms with E-state index in [0.29, 0.717) is 10.9 Å². The summed E-state index contributed by atoms with van der Waals surface area (Å²) >= 11 is 1.25. The van der Waals surface area contributed by atoms with Crippen molar-refractivity contribution >= 4 is 29.4 Å². The molecule has 0 aliphatic rings. The number of fused-ring (bicyclic) bond motifs is 1. The Morgan fingerprint density at radius 3 is 2.72 bits per heavy atom. The van der Waals surface area contributed by atoms with Crippen LogP contribution in [0.5, 0.6) is 0 Å². The molecule has 0 saturated heterocycles. The highest BCUT2D eigenvalue weighted by Gasteiger charge is 2.26. The molecule has 8 nitrogen and oxygen atoms in total. The number of methoxy groups -OCH3 is 1. The van der Waals surface area contributed by atoms with Crippen LogP contribution in [0.25, 0.3) is 5.78 Å². The number of esters is 1. The number of aryl methyl sites for hydroxylation is 2. The predicted octanol–water partition coefficient (Wildman–Crippen LogP) is 1.54. The summed E-state index contributed by atoms with van der Waals surface area (Å²) in [4.78, 5) is 28.4. The van der Waals surface area contributed by atoms with E-state index in [9.17, 15) is 9.59 Å². The zero-order valence-electron chi connectivity index (χ0n) is 15.1. The van der Waals surface area contributed by atoms with Gasteiger partial charge < -0.3 is 10.1 Å². The summed E-state index contributed by atoms with van der Waals surface area (Å²) in [5.41, 5.74) is 1.81. The number of aromatic nitrogens is 4. The number of nitrogens with one attached hydrogen (secondary N) is 1. The lowest BCUT2D eigenvalue weighted by molar-refractivity contribution is -0.146. The lowest BCUT2D eigenvalue weighted by Crippen LogP contribution is -2.46. The summed E-state index contributed by atoms with van der Waals surface area (Å²) in [6, 6.07) is 1.28.